The Hall–Kier alpha value is -2.62. The number of para-hydroxylation sites is 2. The molecule has 4 heteroatoms. The monoisotopic (exact) mass is 349 g/mol. The summed E-state index contributed by atoms with van der Waals surface area (Å²) in [5.41, 5.74) is 4.12. The summed E-state index contributed by atoms with van der Waals surface area (Å²) < 4.78 is 2.21. The SMILES string of the molecule is Cc1ccccc1Cn1c([C@H](C)NC(=O)C(C)(C)C)nc2ccccc21. The van der Waals surface area contributed by atoms with Gasteiger partial charge in [-0.15, -0.1) is 0 Å². The Morgan fingerprint density at radius 3 is 2.46 bits per heavy atom. The summed E-state index contributed by atoms with van der Waals surface area (Å²) in [4.78, 5) is 17.3. The lowest BCUT2D eigenvalue weighted by molar-refractivity contribution is -0.129. The quantitative estimate of drug-likeness (QED) is 0.747. The minimum absolute atomic E-state index is 0.0273. The van der Waals surface area contributed by atoms with Crippen molar-refractivity contribution in [3.8, 4) is 0 Å². The second kappa shape index (κ2) is 6.94. The van der Waals surface area contributed by atoms with Crippen LogP contribution in [0.3, 0.4) is 0 Å². The average molecular weight is 349 g/mol. The van der Waals surface area contributed by atoms with Crippen LogP contribution in [0.15, 0.2) is 48.5 Å². The van der Waals surface area contributed by atoms with Crippen LogP contribution in [-0.4, -0.2) is 15.5 Å². The van der Waals surface area contributed by atoms with Gasteiger partial charge in [-0.25, -0.2) is 4.98 Å². The fourth-order valence-corrected chi connectivity index (χ4v) is 3.03. The Balaban J connectivity index is 2.02. The summed E-state index contributed by atoms with van der Waals surface area (Å²) >= 11 is 0. The van der Waals surface area contributed by atoms with Gasteiger partial charge in [0.15, 0.2) is 0 Å². The number of hydrogen-bond donors (Lipinski definition) is 1. The first-order chi connectivity index (χ1) is 12.3. The minimum Gasteiger partial charge on any atom is -0.346 e. The number of fused-ring (bicyclic) bond motifs is 1. The third kappa shape index (κ3) is 3.64. The first-order valence-corrected chi connectivity index (χ1v) is 9.08. The van der Waals surface area contributed by atoms with E-state index in [4.69, 9.17) is 4.98 Å². The molecule has 0 radical (unpaired) electrons. The minimum atomic E-state index is -0.429. The Morgan fingerprint density at radius 1 is 1.12 bits per heavy atom. The summed E-state index contributed by atoms with van der Waals surface area (Å²) in [6.07, 6.45) is 0. The highest BCUT2D eigenvalue weighted by molar-refractivity contribution is 5.82. The summed E-state index contributed by atoms with van der Waals surface area (Å²) in [5.74, 6) is 0.909. The van der Waals surface area contributed by atoms with Crippen LogP contribution in [0, 0.1) is 12.3 Å². The smallest absolute Gasteiger partial charge is 0.225 e. The van der Waals surface area contributed by atoms with E-state index in [1.54, 1.807) is 0 Å². The molecule has 1 amide bonds. The van der Waals surface area contributed by atoms with E-state index in [1.165, 1.54) is 11.1 Å². The zero-order valence-corrected chi connectivity index (χ0v) is 16.2. The van der Waals surface area contributed by atoms with Gasteiger partial charge in [-0.05, 0) is 37.1 Å². The molecule has 0 unspecified atom stereocenters. The van der Waals surface area contributed by atoms with Crippen molar-refractivity contribution in [2.45, 2.75) is 47.2 Å². The standard InChI is InChI=1S/C22H27N3O/c1-15-10-6-7-11-17(15)14-25-19-13-9-8-12-18(19)24-20(25)16(2)23-21(26)22(3,4)5/h6-13,16H,14H2,1-5H3,(H,23,26)/t16-/m0/s1. The van der Waals surface area contributed by atoms with Crippen molar-refractivity contribution in [1.29, 1.82) is 0 Å². The van der Waals surface area contributed by atoms with Gasteiger partial charge in [-0.3, -0.25) is 4.79 Å². The molecule has 1 atom stereocenters. The highest BCUT2D eigenvalue weighted by Crippen LogP contribution is 2.24. The van der Waals surface area contributed by atoms with Crippen molar-refractivity contribution in [3.05, 3.63) is 65.5 Å². The van der Waals surface area contributed by atoms with E-state index >= 15 is 0 Å². The van der Waals surface area contributed by atoms with Crippen LogP contribution in [0.1, 0.15) is 50.7 Å². The number of rotatable bonds is 4. The fraction of sp³-hybridized carbons (Fsp3) is 0.364. The van der Waals surface area contributed by atoms with Crippen molar-refractivity contribution in [2.24, 2.45) is 5.41 Å². The van der Waals surface area contributed by atoms with Crippen molar-refractivity contribution in [2.75, 3.05) is 0 Å². The Bertz CT molecular complexity index is 934. The first-order valence-electron chi connectivity index (χ1n) is 9.08. The van der Waals surface area contributed by atoms with E-state index < -0.39 is 5.41 Å². The number of imidazole rings is 1. The molecule has 3 rings (SSSR count). The molecule has 26 heavy (non-hydrogen) atoms. The highest BCUT2D eigenvalue weighted by atomic mass is 16.2. The summed E-state index contributed by atoms with van der Waals surface area (Å²) in [6.45, 7) is 10.6. The van der Waals surface area contributed by atoms with Gasteiger partial charge < -0.3 is 9.88 Å². The summed E-state index contributed by atoms with van der Waals surface area (Å²) in [5, 5.41) is 3.12. The molecular weight excluding hydrogens is 322 g/mol. The predicted molar refractivity (Wildman–Crippen MR) is 106 cm³/mol. The third-order valence-corrected chi connectivity index (χ3v) is 4.69. The molecule has 4 nitrogen and oxygen atoms in total. The second-order valence-corrected chi connectivity index (χ2v) is 7.92. The Morgan fingerprint density at radius 2 is 1.77 bits per heavy atom. The molecule has 0 bridgehead atoms. The Kier molecular flexibility index (Phi) is 4.86. The van der Waals surface area contributed by atoms with Gasteiger partial charge in [0.1, 0.15) is 5.82 Å². The van der Waals surface area contributed by atoms with E-state index in [0.29, 0.717) is 0 Å². The largest absolute Gasteiger partial charge is 0.346 e. The van der Waals surface area contributed by atoms with Gasteiger partial charge in [-0.2, -0.15) is 0 Å². The molecule has 1 aromatic heterocycles. The molecule has 0 saturated carbocycles. The van der Waals surface area contributed by atoms with Gasteiger partial charge >= 0.3 is 0 Å². The number of aromatic nitrogens is 2. The normalized spacial score (nSPS) is 13.0. The first kappa shape index (κ1) is 18.2. The Labute approximate surface area is 155 Å². The average Bonchev–Trinajstić information content (AvgIpc) is 2.95. The van der Waals surface area contributed by atoms with Crippen LogP contribution in [0.5, 0.6) is 0 Å². The predicted octanol–water partition coefficient (Wildman–Crippen LogP) is 4.62. The van der Waals surface area contributed by atoms with Gasteiger partial charge in [-0.1, -0.05) is 57.2 Å². The fourth-order valence-electron chi connectivity index (χ4n) is 3.03. The number of hydrogen-bond acceptors (Lipinski definition) is 2. The van der Waals surface area contributed by atoms with E-state index in [9.17, 15) is 4.79 Å². The number of benzene rings is 2. The van der Waals surface area contributed by atoms with Crippen molar-refractivity contribution < 1.29 is 4.79 Å². The van der Waals surface area contributed by atoms with Crippen LogP contribution in [0.4, 0.5) is 0 Å². The molecule has 0 aliphatic heterocycles. The number of carbonyl (C=O) groups excluding carboxylic acids is 1. The van der Waals surface area contributed by atoms with Crippen LogP contribution >= 0.6 is 0 Å². The lowest BCUT2D eigenvalue weighted by Crippen LogP contribution is -2.37. The molecule has 136 valence electrons. The molecule has 2 aromatic carbocycles. The molecule has 1 N–H and O–H groups in total. The van der Waals surface area contributed by atoms with Crippen LogP contribution in [0.25, 0.3) is 11.0 Å². The highest BCUT2D eigenvalue weighted by Gasteiger charge is 2.25. The van der Waals surface area contributed by atoms with Crippen molar-refractivity contribution in [1.82, 2.24) is 14.9 Å². The van der Waals surface area contributed by atoms with E-state index in [2.05, 4.69) is 47.1 Å². The third-order valence-electron chi connectivity index (χ3n) is 4.69. The number of nitrogens with one attached hydrogen (secondary N) is 1. The van der Waals surface area contributed by atoms with Gasteiger partial charge in [0.25, 0.3) is 0 Å². The molecule has 1 heterocycles. The summed E-state index contributed by atoms with van der Waals surface area (Å²) in [6, 6.07) is 16.3. The number of amides is 1. The molecule has 0 fully saturated rings. The van der Waals surface area contributed by atoms with Crippen LogP contribution < -0.4 is 5.32 Å². The zero-order chi connectivity index (χ0) is 18.9. The molecule has 0 spiro atoms. The van der Waals surface area contributed by atoms with E-state index in [0.717, 1.165) is 23.4 Å². The van der Waals surface area contributed by atoms with Gasteiger partial charge in [0, 0.05) is 12.0 Å². The molecule has 0 aliphatic carbocycles. The maximum Gasteiger partial charge on any atom is 0.225 e. The second-order valence-electron chi connectivity index (χ2n) is 7.92. The van der Waals surface area contributed by atoms with Crippen LogP contribution in [0.2, 0.25) is 0 Å². The molecular formula is C22H27N3O. The number of aryl methyl sites for hydroxylation is 1. The molecule has 3 aromatic rings. The molecule has 0 aliphatic rings. The zero-order valence-electron chi connectivity index (χ0n) is 16.2. The van der Waals surface area contributed by atoms with Gasteiger partial charge in [0.05, 0.1) is 17.1 Å². The van der Waals surface area contributed by atoms with Gasteiger partial charge in [0.2, 0.25) is 5.91 Å². The topological polar surface area (TPSA) is 46.9 Å². The lowest BCUT2D eigenvalue weighted by atomic mass is 9.95. The molecule has 0 saturated heterocycles. The maximum absolute atomic E-state index is 12.4. The number of carbonyl (C=O) groups is 1. The van der Waals surface area contributed by atoms with Crippen molar-refractivity contribution >= 4 is 16.9 Å². The van der Waals surface area contributed by atoms with Crippen molar-refractivity contribution in [3.63, 3.8) is 0 Å². The maximum atomic E-state index is 12.4. The lowest BCUT2D eigenvalue weighted by Gasteiger charge is -2.22. The van der Waals surface area contributed by atoms with E-state index in [-0.39, 0.29) is 11.9 Å². The van der Waals surface area contributed by atoms with Crippen LogP contribution in [-0.2, 0) is 11.3 Å². The summed E-state index contributed by atoms with van der Waals surface area (Å²) in [7, 11) is 0. The number of nitrogens with zero attached hydrogens (tertiary/aromatic N) is 2. The van der Waals surface area contributed by atoms with E-state index in [1.807, 2.05) is 45.9 Å².